The fraction of sp³-hybridized carbons (Fsp3) is 0.278. The van der Waals surface area contributed by atoms with Crippen molar-refractivity contribution < 1.29 is 4.79 Å². The highest BCUT2D eigenvalue weighted by Gasteiger charge is 2.17. The van der Waals surface area contributed by atoms with Crippen molar-refractivity contribution in [3.05, 3.63) is 58.4 Å². The van der Waals surface area contributed by atoms with Crippen molar-refractivity contribution in [1.29, 1.82) is 0 Å². The van der Waals surface area contributed by atoms with Crippen molar-refractivity contribution in [3.63, 3.8) is 0 Å². The number of nitrogens with one attached hydrogen (secondary N) is 1. The second kappa shape index (κ2) is 6.57. The van der Waals surface area contributed by atoms with Crippen molar-refractivity contribution in [2.24, 2.45) is 7.05 Å². The lowest BCUT2D eigenvalue weighted by molar-refractivity contribution is 0.0935. The average molecular weight is 340 g/mol. The lowest BCUT2D eigenvalue weighted by atomic mass is 10.1. The van der Waals surface area contributed by atoms with Crippen molar-refractivity contribution in [1.82, 2.24) is 20.1 Å². The van der Waals surface area contributed by atoms with Crippen LogP contribution in [0.3, 0.4) is 0 Å². The minimum atomic E-state index is -0.166. The molecule has 24 heavy (non-hydrogen) atoms. The quantitative estimate of drug-likeness (QED) is 0.788. The van der Waals surface area contributed by atoms with Gasteiger partial charge in [0.05, 0.1) is 12.2 Å². The predicted octanol–water partition coefficient (Wildman–Crippen LogP) is 3.65. The lowest BCUT2D eigenvalue weighted by Gasteiger charge is -2.12. The van der Waals surface area contributed by atoms with Gasteiger partial charge in [0.25, 0.3) is 5.91 Å². The van der Waals surface area contributed by atoms with Crippen LogP contribution in [0.15, 0.2) is 35.8 Å². The van der Waals surface area contributed by atoms with Crippen LogP contribution in [0.4, 0.5) is 0 Å². The summed E-state index contributed by atoms with van der Waals surface area (Å²) in [4.78, 5) is 16.9. The van der Waals surface area contributed by atoms with Crippen molar-refractivity contribution in [2.75, 3.05) is 0 Å². The summed E-state index contributed by atoms with van der Waals surface area (Å²) in [5.41, 5.74) is 4.74. The Hall–Kier alpha value is -2.47. The Bertz CT molecular complexity index is 864. The Kier molecular flexibility index (Phi) is 4.49. The third kappa shape index (κ3) is 3.23. The van der Waals surface area contributed by atoms with Crippen molar-refractivity contribution >= 4 is 17.2 Å². The van der Waals surface area contributed by atoms with Gasteiger partial charge in [0.2, 0.25) is 0 Å². The van der Waals surface area contributed by atoms with Gasteiger partial charge in [0, 0.05) is 29.2 Å². The molecule has 0 unspecified atom stereocenters. The summed E-state index contributed by atoms with van der Waals surface area (Å²) in [5, 5.41) is 9.86. The van der Waals surface area contributed by atoms with Gasteiger partial charge in [-0.3, -0.25) is 9.48 Å². The standard InChI is InChI=1S/C18H20N4OS/c1-11-5-7-14(8-6-11)18-21-16(10-24-18)17(23)20-12(2)15-9-19-22(4)13(15)3/h5-10,12H,1-4H3,(H,20,23)/t12-/m1/s1. The van der Waals surface area contributed by atoms with E-state index >= 15 is 0 Å². The van der Waals surface area contributed by atoms with Gasteiger partial charge in [0.15, 0.2) is 0 Å². The van der Waals surface area contributed by atoms with E-state index < -0.39 is 0 Å². The van der Waals surface area contributed by atoms with Crippen LogP contribution in [-0.4, -0.2) is 20.7 Å². The maximum absolute atomic E-state index is 12.5. The third-order valence-corrected chi connectivity index (χ3v) is 5.01. The average Bonchev–Trinajstić information content (AvgIpc) is 3.16. The number of carbonyl (C=O) groups excluding carboxylic acids is 1. The lowest BCUT2D eigenvalue weighted by Crippen LogP contribution is -2.27. The van der Waals surface area contributed by atoms with E-state index in [1.54, 1.807) is 16.3 Å². The van der Waals surface area contributed by atoms with Crippen LogP contribution in [0.25, 0.3) is 10.6 Å². The molecule has 1 amide bonds. The van der Waals surface area contributed by atoms with E-state index in [2.05, 4.69) is 15.4 Å². The van der Waals surface area contributed by atoms with E-state index in [9.17, 15) is 4.79 Å². The fourth-order valence-electron chi connectivity index (χ4n) is 2.50. The van der Waals surface area contributed by atoms with Crippen molar-refractivity contribution in [3.8, 4) is 10.6 Å². The number of nitrogens with zero attached hydrogens (tertiary/aromatic N) is 3. The topological polar surface area (TPSA) is 59.8 Å². The Balaban J connectivity index is 1.74. The predicted molar refractivity (Wildman–Crippen MR) is 96.1 cm³/mol. The van der Waals surface area contributed by atoms with Crippen LogP contribution in [0.2, 0.25) is 0 Å². The molecule has 0 saturated carbocycles. The van der Waals surface area contributed by atoms with E-state index in [-0.39, 0.29) is 11.9 Å². The number of carbonyl (C=O) groups is 1. The molecule has 1 N–H and O–H groups in total. The molecule has 0 radical (unpaired) electrons. The number of benzene rings is 1. The molecule has 0 aliphatic heterocycles. The smallest absolute Gasteiger partial charge is 0.271 e. The van der Waals surface area contributed by atoms with Gasteiger partial charge in [-0.2, -0.15) is 5.10 Å². The van der Waals surface area contributed by atoms with Gasteiger partial charge >= 0.3 is 0 Å². The first kappa shape index (κ1) is 16.4. The molecule has 3 aromatic rings. The molecule has 1 aromatic carbocycles. The molecule has 6 heteroatoms. The van der Waals surface area contributed by atoms with Gasteiger partial charge in [-0.25, -0.2) is 4.98 Å². The first-order valence-corrected chi connectivity index (χ1v) is 8.65. The van der Waals surface area contributed by atoms with Gasteiger partial charge in [0.1, 0.15) is 10.7 Å². The van der Waals surface area contributed by atoms with Crippen molar-refractivity contribution in [2.45, 2.75) is 26.8 Å². The highest BCUT2D eigenvalue weighted by molar-refractivity contribution is 7.13. The third-order valence-electron chi connectivity index (χ3n) is 4.12. The molecule has 0 spiro atoms. The molecule has 0 saturated heterocycles. The van der Waals surface area contributed by atoms with Crippen LogP contribution in [0, 0.1) is 13.8 Å². The first-order chi connectivity index (χ1) is 11.5. The van der Waals surface area contributed by atoms with Crippen LogP contribution in [0.1, 0.15) is 40.3 Å². The molecular weight excluding hydrogens is 320 g/mol. The summed E-state index contributed by atoms with van der Waals surface area (Å²) in [6.07, 6.45) is 1.79. The van der Waals surface area contributed by atoms with Crippen LogP contribution in [-0.2, 0) is 7.05 Å². The number of hydrogen-bond donors (Lipinski definition) is 1. The molecule has 3 rings (SSSR count). The summed E-state index contributed by atoms with van der Waals surface area (Å²) < 4.78 is 1.80. The number of hydrogen-bond acceptors (Lipinski definition) is 4. The second-order valence-electron chi connectivity index (χ2n) is 5.91. The molecule has 0 bridgehead atoms. The molecular formula is C18H20N4OS. The minimum absolute atomic E-state index is 0.115. The maximum Gasteiger partial charge on any atom is 0.271 e. The molecule has 2 aromatic heterocycles. The van der Waals surface area contributed by atoms with Gasteiger partial charge in [-0.15, -0.1) is 11.3 Å². The summed E-state index contributed by atoms with van der Waals surface area (Å²) in [6, 6.07) is 8.03. The highest BCUT2D eigenvalue weighted by atomic mass is 32.1. The Morgan fingerprint density at radius 2 is 1.96 bits per heavy atom. The highest BCUT2D eigenvalue weighted by Crippen LogP contribution is 2.24. The SMILES string of the molecule is Cc1ccc(-c2nc(C(=O)N[C@H](C)c3cnn(C)c3C)cs2)cc1. The van der Waals surface area contributed by atoms with Gasteiger partial charge in [-0.05, 0) is 20.8 Å². The Morgan fingerprint density at radius 3 is 2.58 bits per heavy atom. The van der Waals surface area contributed by atoms with E-state index in [0.717, 1.165) is 21.8 Å². The van der Waals surface area contributed by atoms with Crippen LogP contribution >= 0.6 is 11.3 Å². The van der Waals surface area contributed by atoms with E-state index in [4.69, 9.17) is 0 Å². The van der Waals surface area contributed by atoms with Crippen LogP contribution in [0.5, 0.6) is 0 Å². The van der Waals surface area contributed by atoms with E-state index in [0.29, 0.717) is 5.69 Å². The molecule has 0 aliphatic rings. The largest absolute Gasteiger partial charge is 0.344 e. The monoisotopic (exact) mass is 340 g/mol. The summed E-state index contributed by atoms with van der Waals surface area (Å²) in [7, 11) is 1.89. The minimum Gasteiger partial charge on any atom is -0.344 e. The van der Waals surface area contributed by atoms with Gasteiger partial charge < -0.3 is 5.32 Å². The summed E-state index contributed by atoms with van der Waals surface area (Å²) in [5.74, 6) is -0.166. The van der Waals surface area contributed by atoms with Crippen LogP contribution < -0.4 is 5.32 Å². The number of thiazole rings is 1. The van der Waals surface area contributed by atoms with Gasteiger partial charge in [-0.1, -0.05) is 29.8 Å². The zero-order valence-electron chi connectivity index (χ0n) is 14.2. The maximum atomic E-state index is 12.5. The Labute approximate surface area is 145 Å². The molecule has 0 fully saturated rings. The fourth-order valence-corrected chi connectivity index (χ4v) is 3.30. The number of rotatable bonds is 4. The summed E-state index contributed by atoms with van der Waals surface area (Å²) in [6.45, 7) is 5.99. The zero-order chi connectivity index (χ0) is 17.3. The van der Waals surface area contributed by atoms with E-state index in [1.165, 1.54) is 16.9 Å². The second-order valence-corrected chi connectivity index (χ2v) is 6.77. The summed E-state index contributed by atoms with van der Waals surface area (Å²) >= 11 is 1.48. The van der Waals surface area contributed by atoms with E-state index in [1.807, 2.05) is 52.1 Å². The normalized spacial score (nSPS) is 12.2. The Morgan fingerprint density at radius 1 is 1.25 bits per heavy atom. The number of aryl methyl sites for hydroxylation is 2. The molecule has 1 atom stereocenters. The molecule has 0 aliphatic carbocycles. The molecule has 5 nitrogen and oxygen atoms in total. The molecule has 124 valence electrons. The number of amides is 1. The first-order valence-electron chi connectivity index (χ1n) is 7.77. The zero-order valence-corrected chi connectivity index (χ0v) is 15.0. The number of aromatic nitrogens is 3. The molecule has 2 heterocycles.